The normalized spacial score (nSPS) is 11.2. The van der Waals surface area contributed by atoms with Crippen molar-refractivity contribution in [3.63, 3.8) is 0 Å². The number of pyridine rings is 1. The van der Waals surface area contributed by atoms with Crippen LogP contribution in [-0.2, 0) is 11.0 Å². The lowest BCUT2D eigenvalue weighted by molar-refractivity contribution is -0.141. The molecule has 0 radical (unpaired) electrons. The van der Waals surface area contributed by atoms with Gasteiger partial charge in [0.15, 0.2) is 0 Å². The number of nitrogens with one attached hydrogen (secondary N) is 1. The minimum Gasteiger partial charge on any atom is -0.481 e. The van der Waals surface area contributed by atoms with Crippen LogP contribution in [0.5, 0.6) is 0 Å². The van der Waals surface area contributed by atoms with Crippen molar-refractivity contribution in [2.24, 2.45) is 0 Å². The number of amides is 1. The first-order valence-corrected chi connectivity index (χ1v) is 6.84. The molecule has 22 heavy (non-hydrogen) atoms. The number of nitrogens with zero attached hydrogens (tertiary/aromatic N) is 1. The third-order valence-corrected chi connectivity index (χ3v) is 2.92. The number of unbranched alkanes of at least 4 members (excludes halogenated alkanes) is 3. The zero-order valence-corrected chi connectivity index (χ0v) is 11.8. The second-order valence-electron chi connectivity index (χ2n) is 4.74. The fraction of sp³-hybridized carbons (Fsp3) is 0.500. The summed E-state index contributed by atoms with van der Waals surface area (Å²) in [4.78, 5) is 25.2. The number of hydrogen-bond donors (Lipinski definition) is 2. The lowest BCUT2D eigenvalue weighted by Gasteiger charge is -2.07. The van der Waals surface area contributed by atoms with Crippen molar-refractivity contribution in [3.05, 3.63) is 29.6 Å². The van der Waals surface area contributed by atoms with Crippen molar-refractivity contribution in [1.29, 1.82) is 0 Å². The Balaban J connectivity index is 2.27. The molecule has 0 bridgehead atoms. The third kappa shape index (κ3) is 6.55. The summed E-state index contributed by atoms with van der Waals surface area (Å²) in [5, 5.41) is 11.0. The molecule has 8 heteroatoms. The zero-order chi connectivity index (χ0) is 16.6. The van der Waals surface area contributed by atoms with Crippen molar-refractivity contribution in [2.75, 3.05) is 6.54 Å². The van der Waals surface area contributed by atoms with Crippen LogP contribution in [0.1, 0.15) is 48.2 Å². The highest BCUT2D eigenvalue weighted by Gasteiger charge is 2.32. The van der Waals surface area contributed by atoms with Gasteiger partial charge >= 0.3 is 12.1 Å². The molecule has 0 fully saturated rings. The van der Waals surface area contributed by atoms with Crippen LogP contribution in [-0.4, -0.2) is 28.5 Å². The number of carbonyl (C=O) groups is 2. The summed E-state index contributed by atoms with van der Waals surface area (Å²) in [5.74, 6) is -1.31. The molecule has 1 aromatic rings. The van der Waals surface area contributed by atoms with E-state index in [2.05, 4.69) is 10.3 Å². The van der Waals surface area contributed by atoms with Crippen LogP contribution < -0.4 is 5.32 Å². The van der Waals surface area contributed by atoms with Gasteiger partial charge in [0.2, 0.25) is 0 Å². The Hall–Kier alpha value is -2.12. The number of aliphatic carboxylic acids is 1. The highest BCUT2D eigenvalue weighted by atomic mass is 19.4. The van der Waals surface area contributed by atoms with Gasteiger partial charge in [-0.15, -0.1) is 0 Å². The van der Waals surface area contributed by atoms with Crippen molar-refractivity contribution in [1.82, 2.24) is 10.3 Å². The van der Waals surface area contributed by atoms with Crippen LogP contribution >= 0.6 is 0 Å². The van der Waals surface area contributed by atoms with Crippen molar-refractivity contribution in [2.45, 2.75) is 38.3 Å². The molecule has 1 rings (SSSR count). The van der Waals surface area contributed by atoms with E-state index in [4.69, 9.17) is 5.11 Å². The van der Waals surface area contributed by atoms with Gasteiger partial charge in [0.1, 0.15) is 5.69 Å². The van der Waals surface area contributed by atoms with Crippen LogP contribution in [0.4, 0.5) is 13.2 Å². The Morgan fingerprint density at radius 2 is 1.82 bits per heavy atom. The molecule has 0 aliphatic rings. The van der Waals surface area contributed by atoms with E-state index in [0.29, 0.717) is 19.4 Å². The molecule has 5 nitrogen and oxygen atoms in total. The van der Waals surface area contributed by atoms with Gasteiger partial charge in [-0.05, 0) is 25.0 Å². The Bertz CT molecular complexity index is 501. The first-order valence-electron chi connectivity index (χ1n) is 6.84. The van der Waals surface area contributed by atoms with E-state index < -0.39 is 23.7 Å². The van der Waals surface area contributed by atoms with Crippen LogP contribution in [0.2, 0.25) is 0 Å². The highest BCUT2D eigenvalue weighted by Crippen LogP contribution is 2.27. The number of carbonyl (C=O) groups excluding carboxylic acids is 1. The Kier molecular flexibility index (Phi) is 6.81. The molecular weight excluding hydrogens is 301 g/mol. The number of carboxylic acid groups (broad SMARTS) is 1. The van der Waals surface area contributed by atoms with Gasteiger partial charge in [0.05, 0.1) is 5.56 Å². The minimum atomic E-state index is -4.52. The van der Waals surface area contributed by atoms with Crippen molar-refractivity contribution >= 4 is 11.9 Å². The first kappa shape index (κ1) is 17.9. The zero-order valence-electron chi connectivity index (χ0n) is 11.8. The molecule has 0 unspecified atom stereocenters. The highest BCUT2D eigenvalue weighted by molar-refractivity contribution is 5.93. The van der Waals surface area contributed by atoms with E-state index in [1.165, 1.54) is 0 Å². The van der Waals surface area contributed by atoms with E-state index in [0.717, 1.165) is 31.2 Å². The summed E-state index contributed by atoms with van der Waals surface area (Å²) in [6, 6.07) is 1.85. The minimum absolute atomic E-state index is 0.0684. The fourth-order valence-corrected chi connectivity index (χ4v) is 1.75. The molecule has 1 aromatic heterocycles. The lowest BCUT2D eigenvalue weighted by atomic mass is 10.1. The number of halogens is 3. The average Bonchev–Trinajstić information content (AvgIpc) is 2.45. The first-order chi connectivity index (χ1) is 10.3. The maximum atomic E-state index is 12.3. The molecule has 1 heterocycles. The Labute approximate surface area is 125 Å². The summed E-state index contributed by atoms with van der Waals surface area (Å²) >= 11 is 0. The quantitative estimate of drug-likeness (QED) is 0.722. The standard InChI is InChI=1S/C14H17F3N2O3/c15-14(16,17)11-7-6-10(9-19-11)13(22)18-8-4-2-1-3-5-12(20)21/h6-7,9H,1-5,8H2,(H,18,22)(H,20,21). The Morgan fingerprint density at radius 3 is 2.36 bits per heavy atom. The average molecular weight is 318 g/mol. The molecule has 0 aliphatic carbocycles. The summed E-state index contributed by atoms with van der Waals surface area (Å²) in [7, 11) is 0. The van der Waals surface area contributed by atoms with Crippen molar-refractivity contribution < 1.29 is 27.9 Å². The third-order valence-electron chi connectivity index (χ3n) is 2.92. The molecule has 0 saturated heterocycles. The number of alkyl halides is 3. The van der Waals surface area contributed by atoms with E-state index in [1.54, 1.807) is 0 Å². The molecule has 0 aromatic carbocycles. The van der Waals surface area contributed by atoms with Gasteiger partial charge in [-0.1, -0.05) is 12.8 Å². The van der Waals surface area contributed by atoms with Gasteiger partial charge in [0, 0.05) is 19.2 Å². The summed E-state index contributed by atoms with van der Waals surface area (Å²) in [6.07, 6.45) is -0.700. The largest absolute Gasteiger partial charge is 0.481 e. The van der Waals surface area contributed by atoms with E-state index in [-0.39, 0.29) is 12.0 Å². The van der Waals surface area contributed by atoms with E-state index in [1.807, 2.05) is 0 Å². The smallest absolute Gasteiger partial charge is 0.433 e. The summed E-state index contributed by atoms with van der Waals surface area (Å²) in [5.41, 5.74) is -0.971. The van der Waals surface area contributed by atoms with Gasteiger partial charge < -0.3 is 10.4 Å². The fourth-order valence-electron chi connectivity index (χ4n) is 1.75. The van der Waals surface area contributed by atoms with Gasteiger partial charge in [-0.2, -0.15) is 13.2 Å². The molecule has 0 saturated carbocycles. The number of rotatable bonds is 8. The summed E-state index contributed by atoms with van der Waals surface area (Å²) in [6.45, 7) is 0.382. The number of aromatic nitrogens is 1. The van der Waals surface area contributed by atoms with Crippen LogP contribution in [0, 0.1) is 0 Å². The maximum Gasteiger partial charge on any atom is 0.433 e. The molecule has 1 amide bonds. The van der Waals surface area contributed by atoms with Crippen LogP contribution in [0.3, 0.4) is 0 Å². The molecule has 0 spiro atoms. The van der Waals surface area contributed by atoms with E-state index in [9.17, 15) is 22.8 Å². The molecule has 0 aliphatic heterocycles. The topological polar surface area (TPSA) is 79.3 Å². The SMILES string of the molecule is O=C(O)CCCCCCNC(=O)c1ccc(C(F)(F)F)nc1. The van der Waals surface area contributed by atoms with Gasteiger partial charge in [0.25, 0.3) is 5.91 Å². The lowest BCUT2D eigenvalue weighted by Crippen LogP contribution is -2.24. The Morgan fingerprint density at radius 1 is 1.14 bits per heavy atom. The maximum absolute atomic E-state index is 12.3. The van der Waals surface area contributed by atoms with Gasteiger partial charge in [-0.25, -0.2) is 0 Å². The molecule has 122 valence electrons. The van der Waals surface area contributed by atoms with Crippen LogP contribution in [0.15, 0.2) is 18.3 Å². The molecule has 0 atom stereocenters. The molecular formula is C14H17F3N2O3. The van der Waals surface area contributed by atoms with Gasteiger partial charge in [-0.3, -0.25) is 14.6 Å². The predicted octanol–water partition coefficient (Wildman–Crippen LogP) is 2.87. The summed E-state index contributed by atoms with van der Waals surface area (Å²) < 4.78 is 37.0. The van der Waals surface area contributed by atoms with E-state index >= 15 is 0 Å². The molecule has 2 N–H and O–H groups in total. The van der Waals surface area contributed by atoms with Crippen molar-refractivity contribution in [3.8, 4) is 0 Å². The van der Waals surface area contributed by atoms with Crippen LogP contribution in [0.25, 0.3) is 0 Å². The number of carboxylic acids is 1. The number of hydrogen-bond acceptors (Lipinski definition) is 3. The monoisotopic (exact) mass is 318 g/mol. The second kappa shape index (κ2) is 8.35. The second-order valence-corrected chi connectivity index (χ2v) is 4.74. The predicted molar refractivity (Wildman–Crippen MR) is 72.3 cm³/mol.